The number of hydrogen-bond acceptors (Lipinski definition) is 6. The van der Waals surface area contributed by atoms with Crippen LogP contribution in [0.25, 0.3) is 0 Å². The van der Waals surface area contributed by atoms with Crippen molar-refractivity contribution >= 4 is 36.0 Å². The van der Waals surface area contributed by atoms with Gasteiger partial charge in [0.2, 0.25) is 11.8 Å². The number of piperazine rings is 1. The fraction of sp³-hybridized carbons (Fsp3) is 0.515. The van der Waals surface area contributed by atoms with Gasteiger partial charge in [0.1, 0.15) is 11.6 Å². The van der Waals surface area contributed by atoms with Crippen LogP contribution in [0.4, 0.5) is 0 Å². The molecule has 2 fully saturated rings. The number of aliphatic hydroxyl groups is 1. The molecule has 2 atom stereocenters. The molecule has 3 N–H and O–H groups in total. The summed E-state index contributed by atoms with van der Waals surface area (Å²) in [7, 11) is 0. The smallest absolute Gasteiger partial charge is 0.335 e. The number of nitrogens with one attached hydrogen (secondary N) is 1. The van der Waals surface area contributed by atoms with E-state index in [4.69, 9.17) is 5.11 Å². The second kappa shape index (κ2) is 14.9. The standard InChI is InChI=1S/C33H43N3O6.ClH/c1-4-7-18-36-30(39)27(29(38)23(5-2)6-3)34-32(42)33(36)16-19-35(20-17-33)21-22-8-10-24(11-9-22)28(37)25-12-14-26(15-13-25)31(40)41;/h8-15,23,27,29,38H,4-7,16-21H2,1-3H3,(H,34,42)(H,40,41);1H/t27-,29-;/m1./s1. The van der Waals surface area contributed by atoms with Gasteiger partial charge in [-0.3, -0.25) is 19.3 Å². The van der Waals surface area contributed by atoms with Gasteiger partial charge in [0.25, 0.3) is 0 Å². The van der Waals surface area contributed by atoms with E-state index in [9.17, 15) is 24.3 Å². The molecule has 9 nitrogen and oxygen atoms in total. The van der Waals surface area contributed by atoms with Crippen molar-refractivity contribution in [1.29, 1.82) is 0 Å². The Morgan fingerprint density at radius 2 is 1.47 bits per heavy atom. The van der Waals surface area contributed by atoms with Crippen LogP contribution in [-0.4, -0.2) is 80.9 Å². The van der Waals surface area contributed by atoms with Gasteiger partial charge in [0.15, 0.2) is 5.78 Å². The van der Waals surface area contributed by atoms with E-state index in [0.29, 0.717) is 50.1 Å². The zero-order valence-electron chi connectivity index (χ0n) is 25.3. The van der Waals surface area contributed by atoms with Crippen LogP contribution < -0.4 is 5.32 Å². The number of halogens is 1. The Morgan fingerprint density at radius 3 is 1.98 bits per heavy atom. The Bertz CT molecular complexity index is 1270. The van der Waals surface area contributed by atoms with Crippen molar-refractivity contribution in [2.75, 3.05) is 19.6 Å². The largest absolute Gasteiger partial charge is 0.478 e. The van der Waals surface area contributed by atoms with Gasteiger partial charge >= 0.3 is 5.97 Å². The summed E-state index contributed by atoms with van der Waals surface area (Å²) < 4.78 is 0. The second-order valence-corrected chi connectivity index (χ2v) is 11.6. The van der Waals surface area contributed by atoms with Crippen LogP contribution >= 0.6 is 12.4 Å². The maximum absolute atomic E-state index is 13.7. The SMILES string of the molecule is CCCCN1C(=O)[C@@H]([C@H](O)C(CC)CC)NC(=O)C12CCN(Cc1ccc(C(=O)c3ccc(C(=O)O)cc3)cc1)CC2.Cl. The number of nitrogens with zero attached hydrogens (tertiary/aromatic N) is 2. The zero-order valence-corrected chi connectivity index (χ0v) is 26.1. The van der Waals surface area contributed by atoms with Gasteiger partial charge in [-0.25, -0.2) is 4.79 Å². The molecule has 2 aliphatic rings. The number of carboxylic acids is 1. The summed E-state index contributed by atoms with van der Waals surface area (Å²) in [6, 6.07) is 12.4. The summed E-state index contributed by atoms with van der Waals surface area (Å²) in [5.74, 6) is -1.60. The summed E-state index contributed by atoms with van der Waals surface area (Å²) >= 11 is 0. The maximum atomic E-state index is 13.7. The Morgan fingerprint density at radius 1 is 0.930 bits per heavy atom. The average Bonchev–Trinajstić information content (AvgIpc) is 3.00. The molecule has 0 aromatic heterocycles. The lowest BCUT2D eigenvalue weighted by atomic mass is 9.79. The summed E-state index contributed by atoms with van der Waals surface area (Å²) in [6.07, 6.45) is 3.31. The van der Waals surface area contributed by atoms with Crippen molar-refractivity contribution in [3.8, 4) is 0 Å². The van der Waals surface area contributed by atoms with Crippen LogP contribution in [-0.2, 0) is 16.1 Å². The number of amides is 2. The first-order chi connectivity index (χ1) is 20.1. The highest BCUT2D eigenvalue weighted by Crippen LogP contribution is 2.35. The molecule has 0 bridgehead atoms. The molecule has 0 radical (unpaired) electrons. The zero-order chi connectivity index (χ0) is 30.4. The number of aromatic carboxylic acids is 1. The molecule has 2 amide bonds. The molecule has 2 heterocycles. The van der Waals surface area contributed by atoms with E-state index in [-0.39, 0.29) is 41.5 Å². The van der Waals surface area contributed by atoms with Crippen LogP contribution in [0.2, 0.25) is 0 Å². The molecule has 10 heteroatoms. The Labute approximate surface area is 260 Å². The molecule has 43 heavy (non-hydrogen) atoms. The third-order valence-electron chi connectivity index (χ3n) is 9.07. The molecular formula is C33H44ClN3O6. The molecule has 0 aliphatic carbocycles. The minimum Gasteiger partial charge on any atom is -0.478 e. The molecule has 2 saturated heterocycles. The first kappa shape index (κ1) is 34.2. The molecule has 2 aliphatic heterocycles. The maximum Gasteiger partial charge on any atom is 0.335 e. The summed E-state index contributed by atoms with van der Waals surface area (Å²) in [4.78, 5) is 55.3. The van der Waals surface area contributed by atoms with Crippen molar-refractivity contribution in [3.05, 3.63) is 70.8 Å². The van der Waals surface area contributed by atoms with Crippen LogP contribution in [0, 0.1) is 5.92 Å². The molecular weight excluding hydrogens is 570 g/mol. The number of carbonyl (C=O) groups excluding carboxylic acids is 3. The van der Waals surface area contributed by atoms with E-state index in [1.807, 2.05) is 26.0 Å². The Balaban J connectivity index is 0.00000506. The number of likely N-dealkylation sites (tertiary alicyclic amines) is 1. The molecule has 1 spiro atoms. The fourth-order valence-corrected chi connectivity index (χ4v) is 6.28. The Kier molecular flexibility index (Phi) is 11.9. The average molecular weight is 614 g/mol. The molecule has 2 aromatic carbocycles. The first-order valence-corrected chi connectivity index (χ1v) is 15.1. The number of hydrogen-bond donors (Lipinski definition) is 3. The van der Waals surface area contributed by atoms with Crippen molar-refractivity contribution in [1.82, 2.24) is 15.1 Å². The summed E-state index contributed by atoms with van der Waals surface area (Å²) in [5, 5.41) is 23.0. The topological polar surface area (TPSA) is 127 Å². The number of carboxylic acid groups (broad SMARTS) is 1. The van der Waals surface area contributed by atoms with Gasteiger partial charge in [-0.15, -0.1) is 12.4 Å². The lowest BCUT2D eigenvalue weighted by Crippen LogP contribution is -2.75. The van der Waals surface area contributed by atoms with Crippen LogP contribution in [0.1, 0.15) is 91.1 Å². The highest BCUT2D eigenvalue weighted by Gasteiger charge is 2.55. The summed E-state index contributed by atoms with van der Waals surface area (Å²) in [5.41, 5.74) is 1.21. The first-order valence-electron chi connectivity index (χ1n) is 15.1. The van der Waals surface area contributed by atoms with E-state index in [2.05, 4.69) is 17.1 Å². The quantitative estimate of drug-likeness (QED) is 0.305. The molecule has 4 rings (SSSR count). The van der Waals surface area contributed by atoms with Crippen molar-refractivity contribution < 1.29 is 29.4 Å². The van der Waals surface area contributed by atoms with Gasteiger partial charge < -0.3 is 20.4 Å². The number of aliphatic hydroxyl groups excluding tert-OH is 1. The number of carbonyl (C=O) groups is 4. The van der Waals surface area contributed by atoms with Crippen LogP contribution in [0.5, 0.6) is 0 Å². The van der Waals surface area contributed by atoms with E-state index in [1.165, 1.54) is 24.3 Å². The van der Waals surface area contributed by atoms with E-state index in [0.717, 1.165) is 31.2 Å². The number of piperidine rings is 1. The highest BCUT2D eigenvalue weighted by molar-refractivity contribution is 6.09. The van der Waals surface area contributed by atoms with Gasteiger partial charge in [-0.1, -0.05) is 76.4 Å². The molecule has 0 unspecified atom stereocenters. The highest BCUT2D eigenvalue weighted by atomic mass is 35.5. The lowest BCUT2D eigenvalue weighted by Gasteiger charge is -2.52. The predicted molar refractivity (Wildman–Crippen MR) is 166 cm³/mol. The van der Waals surface area contributed by atoms with Crippen molar-refractivity contribution in [2.45, 2.75) is 83.5 Å². The number of benzene rings is 2. The monoisotopic (exact) mass is 613 g/mol. The lowest BCUT2D eigenvalue weighted by molar-refractivity contribution is -0.165. The Hall–Kier alpha value is -3.27. The van der Waals surface area contributed by atoms with Gasteiger partial charge in [-0.05, 0) is 42.9 Å². The fourth-order valence-electron chi connectivity index (χ4n) is 6.28. The number of rotatable bonds is 12. The van der Waals surface area contributed by atoms with Gasteiger partial charge in [-0.2, -0.15) is 0 Å². The summed E-state index contributed by atoms with van der Waals surface area (Å²) in [6.45, 7) is 8.48. The number of unbranched alkanes of at least 4 members (excludes halogenated alkanes) is 1. The predicted octanol–water partition coefficient (Wildman–Crippen LogP) is 4.30. The number of ketones is 1. The molecule has 234 valence electrons. The van der Waals surface area contributed by atoms with Crippen molar-refractivity contribution in [2.24, 2.45) is 5.92 Å². The van der Waals surface area contributed by atoms with E-state index < -0.39 is 23.7 Å². The van der Waals surface area contributed by atoms with E-state index in [1.54, 1.807) is 17.0 Å². The second-order valence-electron chi connectivity index (χ2n) is 11.6. The van der Waals surface area contributed by atoms with Crippen LogP contribution in [0.15, 0.2) is 48.5 Å². The minimum absolute atomic E-state index is 0. The van der Waals surface area contributed by atoms with E-state index >= 15 is 0 Å². The molecule has 0 saturated carbocycles. The minimum atomic E-state index is -1.04. The van der Waals surface area contributed by atoms with Gasteiger partial charge in [0.05, 0.1) is 11.7 Å². The molecule has 2 aromatic rings. The van der Waals surface area contributed by atoms with Gasteiger partial charge in [0, 0.05) is 37.3 Å². The third-order valence-corrected chi connectivity index (χ3v) is 9.07. The van der Waals surface area contributed by atoms with Crippen molar-refractivity contribution in [3.63, 3.8) is 0 Å². The van der Waals surface area contributed by atoms with Crippen LogP contribution in [0.3, 0.4) is 0 Å². The normalized spacial score (nSPS) is 19.2. The third kappa shape index (κ3) is 7.28.